The third kappa shape index (κ3) is 5.06. The number of benzene rings is 1. The Labute approximate surface area is 247 Å². The molecule has 13 heteroatoms. The Bertz CT molecular complexity index is 1450. The zero-order chi connectivity index (χ0) is 32.0. The highest BCUT2D eigenvalue weighted by atomic mass is 16.5. The van der Waals surface area contributed by atoms with Gasteiger partial charge in [0, 0.05) is 11.5 Å². The van der Waals surface area contributed by atoms with Crippen molar-refractivity contribution in [3.63, 3.8) is 0 Å². The summed E-state index contributed by atoms with van der Waals surface area (Å²) in [5, 5.41) is 45.2. The second-order valence-electron chi connectivity index (χ2n) is 11.3. The number of primary amides is 1. The van der Waals surface area contributed by atoms with E-state index in [2.05, 4.69) is 0 Å². The third-order valence-electron chi connectivity index (χ3n) is 8.53. The summed E-state index contributed by atoms with van der Waals surface area (Å²) >= 11 is 0. The second kappa shape index (κ2) is 11.8. The number of nitrogens with zero attached hydrogens (tertiary/aromatic N) is 1. The number of hydrogen-bond donors (Lipinski definition) is 5. The molecule has 6 N–H and O–H groups in total. The van der Waals surface area contributed by atoms with Crippen LogP contribution in [0.15, 0.2) is 35.1 Å². The maximum atomic E-state index is 14.2. The Morgan fingerprint density at radius 3 is 2.33 bits per heavy atom. The van der Waals surface area contributed by atoms with Gasteiger partial charge in [-0.15, -0.1) is 0 Å². The Hall–Kier alpha value is -4.23. The second-order valence-corrected chi connectivity index (χ2v) is 11.3. The van der Waals surface area contributed by atoms with E-state index in [-0.39, 0.29) is 24.3 Å². The Kier molecular flexibility index (Phi) is 8.70. The maximum absolute atomic E-state index is 14.2. The van der Waals surface area contributed by atoms with Gasteiger partial charge in [0.15, 0.2) is 11.4 Å². The predicted octanol–water partition coefficient (Wildman–Crippen LogP) is 1.17. The van der Waals surface area contributed by atoms with Crippen molar-refractivity contribution in [3.8, 4) is 5.75 Å². The lowest BCUT2D eigenvalue weighted by Crippen LogP contribution is -2.71. The van der Waals surface area contributed by atoms with Gasteiger partial charge in [-0.3, -0.25) is 28.9 Å². The van der Waals surface area contributed by atoms with Crippen LogP contribution in [0.4, 0.5) is 0 Å². The van der Waals surface area contributed by atoms with Crippen molar-refractivity contribution in [2.45, 2.75) is 63.2 Å². The molecule has 3 aliphatic carbocycles. The molecule has 0 aromatic heterocycles. The van der Waals surface area contributed by atoms with Crippen molar-refractivity contribution < 1.29 is 53.9 Å². The van der Waals surface area contributed by atoms with Crippen LogP contribution in [-0.4, -0.2) is 93.2 Å². The standard InChI is InChI=1S/C30H36N2O11/c1-5-6-12-42-16(34)10-11-17(35)43-26-18-13(2)14-8-7-9-15(33)19(14)24(36)20(18)27(38)30(41)22(26)23(32(3)4)25(37)21(28(30)39)29(31)40/h7-9,13,18,22-23,26,33,36,39,41H,5-6,10-12H2,1-4H3,(H2,31,40)/t13-,18+,22+,23-,26-,30-/m0/s1. The van der Waals surface area contributed by atoms with Crippen LogP contribution in [0.5, 0.6) is 5.75 Å². The summed E-state index contributed by atoms with van der Waals surface area (Å²) in [6, 6.07) is 2.91. The number of phenols is 1. The van der Waals surface area contributed by atoms with Gasteiger partial charge in [0.1, 0.15) is 28.9 Å². The van der Waals surface area contributed by atoms with Crippen LogP contribution in [0.1, 0.15) is 56.6 Å². The van der Waals surface area contributed by atoms with Crippen LogP contribution in [0.25, 0.3) is 5.76 Å². The maximum Gasteiger partial charge on any atom is 0.306 e. The Morgan fingerprint density at radius 1 is 1.07 bits per heavy atom. The van der Waals surface area contributed by atoms with Gasteiger partial charge in [-0.1, -0.05) is 32.4 Å². The highest BCUT2D eigenvalue weighted by Gasteiger charge is 2.69. The number of likely N-dealkylation sites (N-methyl/N-ethyl adjacent to an activating group) is 1. The molecule has 0 heterocycles. The number of rotatable bonds is 9. The van der Waals surface area contributed by atoms with Gasteiger partial charge in [-0.05, 0) is 38.1 Å². The number of hydrogen-bond acceptors (Lipinski definition) is 12. The number of aromatic hydroxyl groups is 1. The fourth-order valence-electron chi connectivity index (χ4n) is 6.51. The van der Waals surface area contributed by atoms with E-state index in [1.807, 2.05) is 6.92 Å². The molecule has 1 amide bonds. The molecule has 0 saturated heterocycles. The number of fused-ring (bicyclic) bond motifs is 3. The van der Waals surface area contributed by atoms with Crippen molar-refractivity contribution in [1.29, 1.82) is 0 Å². The van der Waals surface area contributed by atoms with E-state index in [0.29, 0.717) is 12.0 Å². The molecule has 3 aliphatic rings. The number of Topliss-reactive ketones (excluding diaryl/α,β-unsaturated/α-hetero) is 2. The van der Waals surface area contributed by atoms with Gasteiger partial charge >= 0.3 is 11.9 Å². The number of carbonyl (C=O) groups is 5. The number of aliphatic hydroxyl groups excluding tert-OH is 2. The molecule has 232 valence electrons. The van der Waals surface area contributed by atoms with Crippen LogP contribution >= 0.6 is 0 Å². The number of carbonyl (C=O) groups excluding carboxylic acids is 5. The lowest BCUT2D eigenvalue weighted by Gasteiger charge is -2.54. The number of nitrogens with two attached hydrogens (primary N) is 1. The average molecular weight is 601 g/mol. The molecule has 43 heavy (non-hydrogen) atoms. The normalized spacial score (nSPS) is 28.3. The molecule has 1 aromatic rings. The molecule has 6 atom stereocenters. The number of ether oxygens (including phenoxy) is 2. The first-order valence-corrected chi connectivity index (χ1v) is 14.0. The van der Waals surface area contributed by atoms with Crippen molar-refractivity contribution in [1.82, 2.24) is 4.90 Å². The molecule has 0 unspecified atom stereocenters. The zero-order valence-electron chi connectivity index (χ0n) is 24.3. The summed E-state index contributed by atoms with van der Waals surface area (Å²) in [6.45, 7) is 3.76. The first-order chi connectivity index (χ1) is 20.2. The minimum atomic E-state index is -3.04. The molecule has 4 rings (SSSR count). The van der Waals surface area contributed by atoms with Crippen molar-refractivity contribution in [2.24, 2.45) is 17.6 Å². The summed E-state index contributed by atoms with van der Waals surface area (Å²) in [7, 11) is 2.86. The van der Waals surface area contributed by atoms with Gasteiger partial charge in [0.05, 0.1) is 37.0 Å². The SMILES string of the molecule is CCCCOC(=O)CCC(=O)O[C@H]1[C@H]2C(=C(O)c3c(O)cccc3[C@@H]2C)C(=O)[C@]2(O)C(O)=C(C(N)=O)C(=O)[C@@H](N(C)C)[C@H]12. The number of aliphatic hydroxyl groups is 3. The molecule has 0 aliphatic heterocycles. The highest BCUT2D eigenvalue weighted by Crippen LogP contribution is 2.56. The average Bonchev–Trinajstić information content (AvgIpc) is 2.93. The zero-order valence-corrected chi connectivity index (χ0v) is 24.3. The minimum Gasteiger partial charge on any atom is -0.508 e. The van der Waals surface area contributed by atoms with E-state index >= 15 is 0 Å². The van der Waals surface area contributed by atoms with Crippen LogP contribution in [-0.2, 0) is 33.4 Å². The van der Waals surface area contributed by atoms with E-state index < -0.39 is 94.0 Å². The molecule has 0 bridgehead atoms. The van der Waals surface area contributed by atoms with E-state index in [1.165, 1.54) is 31.1 Å². The summed E-state index contributed by atoms with van der Waals surface area (Å²) in [4.78, 5) is 66.7. The Morgan fingerprint density at radius 2 is 1.72 bits per heavy atom. The summed E-state index contributed by atoms with van der Waals surface area (Å²) in [5.74, 6) is -11.2. The van der Waals surface area contributed by atoms with E-state index in [0.717, 1.165) is 6.42 Å². The molecule has 0 spiro atoms. The largest absolute Gasteiger partial charge is 0.508 e. The van der Waals surface area contributed by atoms with Crippen LogP contribution in [0, 0.1) is 11.8 Å². The van der Waals surface area contributed by atoms with Gasteiger partial charge in [0.25, 0.3) is 5.91 Å². The number of ketones is 2. The number of unbranched alkanes of at least 4 members (excludes halogenated alkanes) is 1. The lowest BCUT2D eigenvalue weighted by atomic mass is 9.54. The summed E-state index contributed by atoms with van der Waals surface area (Å²) < 4.78 is 10.9. The number of phenolic OH excluding ortho intramolecular Hbond substituents is 1. The van der Waals surface area contributed by atoms with Gasteiger partial charge in [-0.25, -0.2) is 0 Å². The third-order valence-corrected chi connectivity index (χ3v) is 8.53. The highest BCUT2D eigenvalue weighted by molar-refractivity contribution is 6.24. The predicted molar refractivity (Wildman–Crippen MR) is 149 cm³/mol. The monoisotopic (exact) mass is 600 g/mol. The fourth-order valence-corrected chi connectivity index (χ4v) is 6.51. The van der Waals surface area contributed by atoms with Crippen molar-refractivity contribution in [3.05, 3.63) is 46.2 Å². The first kappa shape index (κ1) is 31.7. The molecule has 13 nitrogen and oxygen atoms in total. The molecule has 1 saturated carbocycles. The van der Waals surface area contributed by atoms with Crippen LogP contribution < -0.4 is 5.73 Å². The molecular formula is C30H36N2O11. The van der Waals surface area contributed by atoms with E-state index in [4.69, 9.17) is 15.2 Å². The van der Waals surface area contributed by atoms with E-state index in [1.54, 1.807) is 13.0 Å². The first-order valence-electron chi connectivity index (χ1n) is 14.0. The topological polar surface area (TPSA) is 214 Å². The molecule has 0 radical (unpaired) electrons. The smallest absolute Gasteiger partial charge is 0.306 e. The van der Waals surface area contributed by atoms with Gasteiger partial charge in [0.2, 0.25) is 5.78 Å². The number of amides is 1. The van der Waals surface area contributed by atoms with Crippen LogP contribution in [0.2, 0.25) is 0 Å². The molecular weight excluding hydrogens is 564 g/mol. The molecule has 1 fully saturated rings. The summed E-state index contributed by atoms with van der Waals surface area (Å²) in [6.07, 6.45) is -0.887. The summed E-state index contributed by atoms with van der Waals surface area (Å²) in [5.41, 5.74) is 1.17. The van der Waals surface area contributed by atoms with E-state index in [9.17, 15) is 44.4 Å². The van der Waals surface area contributed by atoms with Gasteiger partial charge in [-0.2, -0.15) is 0 Å². The van der Waals surface area contributed by atoms with Crippen molar-refractivity contribution in [2.75, 3.05) is 20.7 Å². The minimum absolute atomic E-state index is 0.0915. The Balaban J connectivity index is 1.89. The van der Waals surface area contributed by atoms with Crippen LogP contribution in [0.3, 0.4) is 0 Å². The molecule has 1 aromatic carbocycles. The number of esters is 2. The fraction of sp³-hybridized carbons (Fsp3) is 0.500. The van der Waals surface area contributed by atoms with Gasteiger partial charge < -0.3 is 35.6 Å². The van der Waals surface area contributed by atoms with Crippen molar-refractivity contribution >= 4 is 35.2 Å². The lowest BCUT2D eigenvalue weighted by molar-refractivity contribution is -0.185. The quantitative estimate of drug-likeness (QED) is 0.153.